The van der Waals surface area contributed by atoms with Crippen LogP contribution in [0.15, 0.2) is 24.3 Å². The van der Waals surface area contributed by atoms with E-state index in [2.05, 4.69) is 12.2 Å². The molecule has 1 aromatic carbocycles. The highest BCUT2D eigenvalue weighted by Gasteiger charge is 2.28. The van der Waals surface area contributed by atoms with E-state index >= 15 is 0 Å². The van der Waals surface area contributed by atoms with Crippen molar-refractivity contribution >= 4 is 11.6 Å². The van der Waals surface area contributed by atoms with Gasteiger partial charge in [-0.1, -0.05) is 19.1 Å². The Morgan fingerprint density at radius 1 is 1.33 bits per heavy atom. The summed E-state index contributed by atoms with van der Waals surface area (Å²) in [5.74, 6) is 1.26. The number of amides is 1. The highest BCUT2D eigenvalue weighted by atomic mass is 16.5. The van der Waals surface area contributed by atoms with E-state index in [1.165, 1.54) is 0 Å². The van der Waals surface area contributed by atoms with Crippen molar-refractivity contribution in [2.75, 3.05) is 25.1 Å². The molecule has 4 nitrogen and oxygen atoms in total. The maximum Gasteiger partial charge on any atom is 0.243 e. The van der Waals surface area contributed by atoms with E-state index in [9.17, 15) is 4.79 Å². The second-order valence-electron chi connectivity index (χ2n) is 4.86. The Bertz CT molecular complexity index is 434. The summed E-state index contributed by atoms with van der Waals surface area (Å²) in [6.07, 6.45) is 0. The molecule has 18 heavy (non-hydrogen) atoms. The van der Waals surface area contributed by atoms with Gasteiger partial charge < -0.3 is 15.0 Å². The van der Waals surface area contributed by atoms with E-state index in [-0.39, 0.29) is 11.9 Å². The minimum atomic E-state index is -0.153. The lowest BCUT2D eigenvalue weighted by Gasteiger charge is -2.25. The summed E-state index contributed by atoms with van der Waals surface area (Å²) in [5.41, 5.74) is 0.854. The molecule has 2 rings (SSSR count). The van der Waals surface area contributed by atoms with E-state index in [1.807, 2.05) is 36.1 Å². The molecule has 4 heteroatoms. The molecular weight excluding hydrogens is 228 g/mol. The molecule has 2 unspecified atom stereocenters. The number of nitrogens with zero attached hydrogens (tertiary/aromatic N) is 1. The fraction of sp³-hybridized carbons (Fsp3) is 0.500. The molecule has 0 bridgehead atoms. The van der Waals surface area contributed by atoms with Crippen molar-refractivity contribution in [1.82, 2.24) is 5.32 Å². The third-order valence-corrected chi connectivity index (χ3v) is 3.28. The zero-order valence-electron chi connectivity index (χ0n) is 11.1. The zero-order chi connectivity index (χ0) is 13.1. The van der Waals surface area contributed by atoms with E-state index in [1.54, 1.807) is 7.11 Å². The molecule has 98 valence electrons. The highest BCUT2D eigenvalue weighted by molar-refractivity contribution is 5.98. The number of methoxy groups -OCH3 is 1. The van der Waals surface area contributed by atoms with Crippen molar-refractivity contribution < 1.29 is 9.53 Å². The van der Waals surface area contributed by atoms with Crippen LogP contribution in [0.2, 0.25) is 0 Å². The summed E-state index contributed by atoms with van der Waals surface area (Å²) < 4.78 is 5.34. The maximum atomic E-state index is 12.4. The number of anilines is 1. The zero-order valence-corrected chi connectivity index (χ0v) is 11.1. The second kappa shape index (κ2) is 5.40. The number of hydrogen-bond acceptors (Lipinski definition) is 3. The first-order valence-electron chi connectivity index (χ1n) is 6.31. The standard InChI is InChI=1S/C14H20N2O2/c1-10-8-15-11(2)14(17)16(9-10)12-6-4-5-7-13(12)18-3/h4-7,10-11,15H,8-9H2,1-3H3. The van der Waals surface area contributed by atoms with Crippen molar-refractivity contribution in [3.05, 3.63) is 24.3 Å². The monoisotopic (exact) mass is 248 g/mol. The van der Waals surface area contributed by atoms with Gasteiger partial charge >= 0.3 is 0 Å². The van der Waals surface area contributed by atoms with Gasteiger partial charge in [-0.15, -0.1) is 0 Å². The van der Waals surface area contributed by atoms with Crippen molar-refractivity contribution in [3.8, 4) is 5.75 Å². The van der Waals surface area contributed by atoms with Gasteiger partial charge in [-0.05, 0) is 25.0 Å². The summed E-state index contributed by atoms with van der Waals surface area (Å²) in [6.45, 7) is 5.62. The third kappa shape index (κ3) is 2.48. The fourth-order valence-electron chi connectivity index (χ4n) is 2.24. The first-order chi connectivity index (χ1) is 8.63. The Morgan fingerprint density at radius 2 is 2.06 bits per heavy atom. The fourth-order valence-corrected chi connectivity index (χ4v) is 2.24. The predicted octanol–water partition coefficient (Wildman–Crippen LogP) is 1.66. The van der Waals surface area contributed by atoms with Gasteiger partial charge in [0, 0.05) is 13.1 Å². The van der Waals surface area contributed by atoms with Crippen LogP contribution < -0.4 is 15.0 Å². The van der Waals surface area contributed by atoms with Gasteiger partial charge in [0.25, 0.3) is 0 Å². The molecule has 1 heterocycles. The van der Waals surface area contributed by atoms with Gasteiger partial charge in [-0.3, -0.25) is 4.79 Å². The molecule has 1 fully saturated rings. The molecule has 0 radical (unpaired) electrons. The van der Waals surface area contributed by atoms with Crippen LogP contribution in [0, 0.1) is 5.92 Å². The Hall–Kier alpha value is -1.55. The number of benzene rings is 1. The Labute approximate surface area is 108 Å². The number of nitrogens with one attached hydrogen (secondary N) is 1. The smallest absolute Gasteiger partial charge is 0.243 e. The van der Waals surface area contributed by atoms with Crippen LogP contribution in [0.5, 0.6) is 5.75 Å². The van der Waals surface area contributed by atoms with E-state index in [4.69, 9.17) is 4.74 Å². The van der Waals surface area contributed by atoms with E-state index < -0.39 is 0 Å². The molecule has 0 aliphatic carbocycles. The molecule has 0 saturated carbocycles. The first kappa shape index (κ1) is 12.9. The highest BCUT2D eigenvalue weighted by Crippen LogP contribution is 2.29. The number of ether oxygens (including phenoxy) is 1. The Balaban J connectivity index is 2.36. The van der Waals surface area contributed by atoms with Gasteiger partial charge in [0.2, 0.25) is 5.91 Å². The summed E-state index contributed by atoms with van der Waals surface area (Å²) in [7, 11) is 1.63. The lowest BCUT2D eigenvalue weighted by atomic mass is 10.1. The lowest BCUT2D eigenvalue weighted by Crippen LogP contribution is -2.41. The molecular formula is C14H20N2O2. The molecule has 1 N–H and O–H groups in total. The van der Waals surface area contributed by atoms with Crippen LogP contribution in [-0.2, 0) is 4.79 Å². The van der Waals surface area contributed by atoms with Gasteiger partial charge in [-0.25, -0.2) is 0 Å². The van der Waals surface area contributed by atoms with Crippen LogP contribution in [0.1, 0.15) is 13.8 Å². The molecule has 1 aromatic rings. The minimum absolute atomic E-state index is 0.101. The summed E-state index contributed by atoms with van der Waals surface area (Å²) >= 11 is 0. The van der Waals surface area contributed by atoms with Gasteiger partial charge in [-0.2, -0.15) is 0 Å². The van der Waals surface area contributed by atoms with Crippen molar-refractivity contribution in [3.63, 3.8) is 0 Å². The molecule has 1 saturated heterocycles. The minimum Gasteiger partial charge on any atom is -0.495 e. The number of para-hydroxylation sites is 2. The third-order valence-electron chi connectivity index (χ3n) is 3.28. The lowest BCUT2D eigenvalue weighted by molar-refractivity contribution is -0.119. The molecule has 1 amide bonds. The van der Waals surface area contributed by atoms with Crippen LogP contribution in [-0.4, -0.2) is 32.1 Å². The average Bonchev–Trinajstić information content (AvgIpc) is 2.52. The van der Waals surface area contributed by atoms with Crippen LogP contribution in [0.4, 0.5) is 5.69 Å². The van der Waals surface area contributed by atoms with Crippen molar-refractivity contribution in [2.24, 2.45) is 5.92 Å². The molecule has 2 atom stereocenters. The normalized spacial score (nSPS) is 24.8. The molecule has 0 aromatic heterocycles. The van der Waals surface area contributed by atoms with Gasteiger partial charge in [0.1, 0.15) is 5.75 Å². The number of rotatable bonds is 2. The average molecular weight is 248 g/mol. The number of hydrogen-bond donors (Lipinski definition) is 1. The number of carbonyl (C=O) groups excluding carboxylic acids is 1. The first-order valence-corrected chi connectivity index (χ1v) is 6.31. The van der Waals surface area contributed by atoms with Crippen LogP contribution in [0.25, 0.3) is 0 Å². The summed E-state index contributed by atoms with van der Waals surface area (Å²) in [5, 5.41) is 3.25. The topological polar surface area (TPSA) is 41.6 Å². The van der Waals surface area contributed by atoms with E-state index in [0.29, 0.717) is 5.92 Å². The van der Waals surface area contributed by atoms with Crippen molar-refractivity contribution in [1.29, 1.82) is 0 Å². The number of carbonyl (C=O) groups is 1. The molecule has 0 spiro atoms. The Kier molecular flexibility index (Phi) is 3.87. The maximum absolute atomic E-state index is 12.4. The summed E-state index contributed by atoms with van der Waals surface area (Å²) in [4.78, 5) is 14.2. The predicted molar refractivity (Wildman–Crippen MR) is 72.0 cm³/mol. The largest absolute Gasteiger partial charge is 0.495 e. The van der Waals surface area contributed by atoms with Crippen LogP contribution in [0.3, 0.4) is 0 Å². The summed E-state index contributed by atoms with van der Waals surface area (Å²) in [6, 6.07) is 7.51. The molecule has 1 aliphatic heterocycles. The Morgan fingerprint density at radius 3 is 2.78 bits per heavy atom. The van der Waals surface area contributed by atoms with Gasteiger partial charge in [0.05, 0.1) is 18.8 Å². The van der Waals surface area contributed by atoms with Gasteiger partial charge in [0.15, 0.2) is 0 Å². The second-order valence-corrected chi connectivity index (χ2v) is 4.86. The molecule has 1 aliphatic rings. The quantitative estimate of drug-likeness (QED) is 0.865. The van der Waals surface area contributed by atoms with Crippen molar-refractivity contribution in [2.45, 2.75) is 19.9 Å². The van der Waals surface area contributed by atoms with Crippen LogP contribution >= 0.6 is 0 Å². The van der Waals surface area contributed by atoms with E-state index in [0.717, 1.165) is 24.5 Å². The SMILES string of the molecule is COc1ccccc1N1CC(C)CNC(C)C1=O.